The van der Waals surface area contributed by atoms with Gasteiger partial charge in [0.1, 0.15) is 0 Å². The van der Waals surface area contributed by atoms with Crippen LogP contribution >= 0.6 is 0 Å². The summed E-state index contributed by atoms with van der Waals surface area (Å²) in [6.07, 6.45) is 4.85. The molecule has 0 bridgehead atoms. The quantitative estimate of drug-likeness (QED) is 0.821. The molecule has 0 saturated carbocycles. The zero-order valence-corrected chi connectivity index (χ0v) is 12.7. The van der Waals surface area contributed by atoms with Gasteiger partial charge in [0.25, 0.3) is 5.91 Å². The van der Waals surface area contributed by atoms with Gasteiger partial charge in [-0.1, -0.05) is 25.5 Å². The van der Waals surface area contributed by atoms with Crippen LogP contribution in [0.5, 0.6) is 0 Å². The Morgan fingerprint density at radius 1 is 1.55 bits per heavy atom. The minimum atomic E-state index is 0.00586. The predicted molar refractivity (Wildman–Crippen MR) is 77.6 cm³/mol. The molecule has 2 heterocycles. The minimum Gasteiger partial charge on any atom is -0.335 e. The Balaban J connectivity index is 2.07. The van der Waals surface area contributed by atoms with Gasteiger partial charge in [-0.05, 0) is 19.8 Å². The van der Waals surface area contributed by atoms with Crippen LogP contribution in [0.2, 0.25) is 0 Å². The summed E-state index contributed by atoms with van der Waals surface area (Å²) in [6, 6.07) is 0.585. The van der Waals surface area contributed by atoms with Crippen molar-refractivity contribution in [2.24, 2.45) is 0 Å². The SMILES string of the molecule is CCCCN(C(=O)c1cn(C2CNC2)nn1)C(C)CC. The third kappa shape index (κ3) is 3.17. The lowest BCUT2D eigenvalue weighted by atomic mass is 10.1. The number of hydrogen-bond acceptors (Lipinski definition) is 4. The Morgan fingerprint density at radius 2 is 2.30 bits per heavy atom. The Hall–Kier alpha value is -1.43. The second-order valence-electron chi connectivity index (χ2n) is 5.51. The van der Waals surface area contributed by atoms with Gasteiger partial charge in [-0.25, -0.2) is 4.68 Å². The fourth-order valence-corrected chi connectivity index (χ4v) is 2.23. The summed E-state index contributed by atoms with van der Waals surface area (Å²) in [7, 11) is 0. The van der Waals surface area contributed by atoms with Crippen molar-refractivity contribution in [3.05, 3.63) is 11.9 Å². The van der Waals surface area contributed by atoms with Gasteiger partial charge >= 0.3 is 0 Å². The molecule has 1 atom stereocenters. The van der Waals surface area contributed by atoms with Crippen LogP contribution in [0.15, 0.2) is 6.20 Å². The van der Waals surface area contributed by atoms with Gasteiger partial charge in [0.2, 0.25) is 0 Å². The Morgan fingerprint density at radius 3 is 2.85 bits per heavy atom. The van der Waals surface area contributed by atoms with E-state index in [1.165, 1.54) is 0 Å². The molecule has 1 saturated heterocycles. The molecule has 0 aromatic carbocycles. The van der Waals surface area contributed by atoms with Crippen LogP contribution in [0, 0.1) is 0 Å². The van der Waals surface area contributed by atoms with Gasteiger partial charge in [0.05, 0.1) is 12.2 Å². The maximum atomic E-state index is 12.6. The highest BCUT2D eigenvalue weighted by Gasteiger charge is 2.25. The molecule has 1 fully saturated rings. The van der Waals surface area contributed by atoms with Crippen molar-refractivity contribution in [3.8, 4) is 0 Å². The zero-order chi connectivity index (χ0) is 14.5. The first kappa shape index (κ1) is 15.0. The molecule has 6 nitrogen and oxygen atoms in total. The Labute approximate surface area is 120 Å². The molecule has 6 heteroatoms. The van der Waals surface area contributed by atoms with E-state index in [0.29, 0.717) is 11.7 Å². The summed E-state index contributed by atoms with van der Waals surface area (Å²) < 4.78 is 1.80. The number of rotatable bonds is 7. The van der Waals surface area contributed by atoms with Gasteiger partial charge in [-0.2, -0.15) is 0 Å². The number of carbonyl (C=O) groups excluding carboxylic acids is 1. The summed E-state index contributed by atoms with van der Waals surface area (Å²) in [5, 5.41) is 11.3. The van der Waals surface area contributed by atoms with Crippen molar-refractivity contribution in [2.45, 2.75) is 52.1 Å². The molecule has 0 aliphatic carbocycles. The second-order valence-corrected chi connectivity index (χ2v) is 5.51. The van der Waals surface area contributed by atoms with Gasteiger partial charge in [-0.15, -0.1) is 5.10 Å². The van der Waals surface area contributed by atoms with Gasteiger partial charge in [0, 0.05) is 25.7 Å². The first-order chi connectivity index (χ1) is 9.67. The number of carbonyl (C=O) groups is 1. The molecule has 1 aromatic rings. The molecule has 20 heavy (non-hydrogen) atoms. The molecule has 0 radical (unpaired) electrons. The number of unbranched alkanes of at least 4 members (excludes halogenated alkanes) is 1. The van der Waals surface area contributed by atoms with E-state index in [0.717, 1.165) is 38.9 Å². The summed E-state index contributed by atoms with van der Waals surface area (Å²) in [6.45, 7) is 8.94. The third-order valence-electron chi connectivity index (χ3n) is 4.00. The average molecular weight is 279 g/mol. The standard InChI is InChI=1S/C14H25N5O/c1-4-6-7-18(11(3)5-2)14(20)13-10-19(17-16-13)12-8-15-9-12/h10-12,15H,4-9H2,1-3H3. The smallest absolute Gasteiger partial charge is 0.276 e. The van der Waals surface area contributed by atoms with E-state index >= 15 is 0 Å². The first-order valence-electron chi connectivity index (χ1n) is 7.60. The fourth-order valence-electron chi connectivity index (χ4n) is 2.23. The Bertz CT molecular complexity index is 441. The molecule has 1 aromatic heterocycles. The van der Waals surface area contributed by atoms with Crippen LogP contribution < -0.4 is 5.32 Å². The molecule has 1 amide bonds. The van der Waals surface area contributed by atoms with E-state index in [-0.39, 0.29) is 11.9 Å². The molecular weight excluding hydrogens is 254 g/mol. The normalized spacial score (nSPS) is 16.8. The molecule has 1 unspecified atom stereocenters. The van der Waals surface area contributed by atoms with Crippen LogP contribution in [0.1, 0.15) is 56.6 Å². The van der Waals surface area contributed by atoms with Crippen LogP contribution in [0.4, 0.5) is 0 Å². The van der Waals surface area contributed by atoms with Crippen molar-refractivity contribution in [1.82, 2.24) is 25.2 Å². The summed E-state index contributed by atoms with van der Waals surface area (Å²) in [4.78, 5) is 14.5. The third-order valence-corrected chi connectivity index (χ3v) is 4.00. The maximum absolute atomic E-state index is 12.6. The predicted octanol–water partition coefficient (Wildman–Crippen LogP) is 1.46. The highest BCUT2D eigenvalue weighted by atomic mass is 16.2. The summed E-state index contributed by atoms with van der Waals surface area (Å²) in [5.41, 5.74) is 0.466. The maximum Gasteiger partial charge on any atom is 0.276 e. The first-order valence-corrected chi connectivity index (χ1v) is 7.60. The van der Waals surface area contributed by atoms with Gasteiger partial charge in [0.15, 0.2) is 5.69 Å². The van der Waals surface area contributed by atoms with E-state index in [9.17, 15) is 4.79 Å². The van der Waals surface area contributed by atoms with Crippen LogP contribution in [0.3, 0.4) is 0 Å². The van der Waals surface area contributed by atoms with Crippen molar-refractivity contribution < 1.29 is 4.79 Å². The van der Waals surface area contributed by atoms with Gasteiger partial charge in [-0.3, -0.25) is 4.79 Å². The number of aromatic nitrogens is 3. The average Bonchev–Trinajstić information content (AvgIpc) is 2.85. The van der Waals surface area contributed by atoms with Crippen molar-refractivity contribution in [1.29, 1.82) is 0 Å². The monoisotopic (exact) mass is 279 g/mol. The van der Waals surface area contributed by atoms with Gasteiger partial charge < -0.3 is 10.2 Å². The molecule has 1 N–H and O–H groups in total. The highest BCUT2D eigenvalue weighted by molar-refractivity contribution is 5.92. The number of amides is 1. The van der Waals surface area contributed by atoms with Crippen molar-refractivity contribution in [2.75, 3.05) is 19.6 Å². The zero-order valence-electron chi connectivity index (χ0n) is 12.7. The lowest BCUT2D eigenvalue weighted by molar-refractivity contribution is 0.0679. The van der Waals surface area contributed by atoms with Crippen LogP contribution in [-0.4, -0.2) is 51.5 Å². The number of nitrogens with one attached hydrogen (secondary N) is 1. The topological polar surface area (TPSA) is 63.1 Å². The van der Waals surface area contributed by atoms with Crippen molar-refractivity contribution in [3.63, 3.8) is 0 Å². The number of nitrogens with zero attached hydrogens (tertiary/aromatic N) is 4. The second kappa shape index (κ2) is 6.83. The van der Waals surface area contributed by atoms with E-state index in [4.69, 9.17) is 0 Å². The van der Waals surface area contributed by atoms with E-state index in [1.807, 2.05) is 4.90 Å². The molecule has 0 spiro atoms. The van der Waals surface area contributed by atoms with Crippen molar-refractivity contribution >= 4 is 5.91 Å². The number of hydrogen-bond donors (Lipinski definition) is 1. The van der Waals surface area contributed by atoms with E-state index in [2.05, 4.69) is 36.4 Å². The molecule has 1 aliphatic heterocycles. The summed E-state index contributed by atoms with van der Waals surface area (Å²) in [5.74, 6) is 0.00586. The lowest BCUT2D eigenvalue weighted by Crippen LogP contribution is -2.43. The minimum absolute atomic E-state index is 0.00586. The molecule has 1 aliphatic rings. The highest BCUT2D eigenvalue weighted by Crippen LogP contribution is 2.13. The lowest BCUT2D eigenvalue weighted by Gasteiger charge is -2.28. The Kier molecular flexibility index (Phi) is 5.11. The van der Waals surface area contributed by atoms with Crippen LogP contribution in [0.25, 0.3) is 0 Å². The molecular formula is C14H25N5O. The fraction of sp³-hybridized carbons (Fsp3) is 0.786. The van der Waals surface area contributed by atoms with E-state index in [1.54, 1.807) is 10.9 Å². The van der Waals surface area contributed by atoms with E-state index < -0.39 is 0 Å². The molecule has 2 rings (SSSR count). The summed E-state index contributed by atoms with van der Waals surface area (Å²) >= 11 is 0. The van der Waals surface area contributed by atoms with Crippen LogP contribution in [-0.2, 0) is 0 Å². The largest absolute Gasteiger partial charge is 0.335 e. The molecule has 112 valence electrons.